The van der Waals surface area contributed by atoms with Gasteiger partial charge in [0.25, 0.3) is 5.60 Å². The van der Waals surface area contributed by atoms with Crippen molar-refractivity contribution < 1.29 is 44.6 Å². The highest BCUT2D eigenvalue weighted by molar-refractivity contribution is 5.69. The lowest BCUT2D eigenvalue weighted by Crippen LogP contribution is -2.54. The fraction of sp³-hybridized carbons (Fsp3) is 0.368. The summed E-state index contributed by atoms with van der Waals surface area (Å²) in [5.74, 6) is 0. The van der Waals surface area contributed by atoms with E-state index in [-0.39, 0.29) is 17.7 Å². The van der Waals surface area contributed by atoms with Crippen LogP contribution in [0.1, 0.15) is 23.6 Å². The lowest BCUT2D eigenvalue weighted by Gasteiger charge is -2.33. The molecule has 0 heterocycles. The summed E-state index contributed by atoms with van der Waals surface area (Å²) in [5, 5.41) is 12.4. The number of halogens is 9. The fourth-order valence-electron chi connectivity index (χ4n) is 2.82. The summed E-state index contributed by atoms with van der Waals surface area (Å²) in [4.78, 5) is 0. The number of hydrogen-bond donors (Lipinski definition) is 2. The second-order valence-electron chi connectivity index (χ2n) is 6.44. The van der Waals surface area contributed by atoms with Gasteiger partial charge in [-0.3, -0.25) is 0 Å². The number of alkyl halides is 9. The summed E-state index contributed by atoms with van der Waals surface area (Å²) in [6.45, 7) is 2.91. The Morgan fingerprint density at radius 2 is 1.33 bits per heavy atom. The van der Waals surface area contributed by atoms with Crippen LogP contribution in [0.5, 0.6) is 0 Å². The van der Waals surface area contributed by atoms with Crippen LogP contribution in [-0.4, -0.2) is 24.0 Å². The van der Waals surface area contributed by atoms with Crippen LogP contribution in [0, 0.1) is 0 Å². The number of hydrogen-bond acceptors (Lipinski definition) is 2. The molecule has 0 saturated carbocycles. The first-order valence-electron chi connectivity index (χ1n) is 8.50. The highest BCUT2D eigenvalue weighted by Gasteiger charge is 2.71. The molecule has 2 rings (SSSR count). The first kappa shape index (κ1) is 24.0. The molecule has 0 radical (unpaired) electrons. The second kappa shape index (κ2) is 8.10. The molecule has 11 heteroatoms. The van der Waals surface area contributed by atoms with Gasteiger partial charge in [-0.1, -0.05) is 43.3 Å². The minimum absolute atomic E-state index is 0.0586. The molecule has 2 aromatic rings. The maximum atomic E-state index is 13.5. The van der Waals surface area contributed by atoms with Crippen molar-refractivity contribution in [1.29, 1.82) is 0 Å². The normalized spacial score (nSPS) is 13.6. The molecule has 30 heavy (non-hydrogen) atoms. The number of rotatable bonds is 5. The maximum Gasteiger partial charge on any atom is 0.430 e. The molecule has 0 aliphatic heterocycles. The number of aliphatic hydroxyl groups is 1. The topological polar surface area (TPSA) is 32.3 Å². The maximum absolute atomic E-state index is 13.5. The average molecular weight is 445 g/mol. The van der Waals surface area contributed by atoms with Crippen LogP contribution in [0.2, 0.25) is 0 Å². The van der Waals surface area contributed by atoms with Gasteiger partial charge < -0.3 is 10.4 Å². The molecule has 0 aliphatic rings. The molecule has 0 aliphatic carbocycles. The van der Waals surface area contributed by atoms with Crippen LogP contribution in [0.4, 0.5) is 39.5 Å². The van der Waals surface area contributed by atoms with Crippen LogP contribution in [0.3, 0.4) is 0 Å². The Hall–Kier alpha value is -2.27. The monoisotopic (exact) mass is 445 g/mol. The molecule has 0 unspecified atom stereocenters. The zero-order chi connectivity index (χ0) is 23.0. The van der Waals surface area contributed by atoms with E-state index in [0.717, 1.165) is 0 Å². The zero-order valence-electron chi connectivity index (χ0n) is 15.3. The van der Waals surface area contributed by atoms with Gasteiger partial charge in [0.1, 0.15) is 0 Å². The largest absolute Gasteiger partial charge is 0.430 e. The van der Waals surface area contributed by atoms with Crippen molar-refractivity contribution in [3.8, 4) is 11.1 Å². The predicted molar refractivity (Wildman–Crippen MR) is 90.3 cm³/mol. The molecule has 0 saturated heterocycles. The summed E-state index contributed by atoms with van der Waals surface area (Å²) < 4.78 is 119. The van der Waals surface area contributed by atoms with E-state index in [1.807, 2.05) is 6.92 Å². The van der Waals surface area contributed by atoms with E-state index in [1.54, 1.807) is 0 Å². The molecule has 0 amide bonds. The Kier molecular flexibility index (Phi) is 6.48. The second-order valence-corrected chi connectivity index (χ2v) is 6.44. The van der Waals surface area contributed by atoms with Gasteiger partial charge in [-0.05, 0) is 29.3 Å². The molecule has 2 N–H and O–H groups in total. The Morgan fingerprint density at radius 3 is 1.77 bits per heavy atom. The molecule has 0 bridgehead atoms. The van der Waals surface area contributed by atoms with Crippen LogP contribution >= 0.6 is 0 Å². The van der Waals surface area contributed by atoms with Crippen LogP contribution < -0.4 is 5.32 Å². The minimum atomic E-state index is -6.29. The van der Waals surface area contributed by atoms with Crippen molar-refractivity contribution in [1.82, 2.24) is 5.32 Å². The van der Waals surface area contributed by atoms with E-state index in [1.165, 1.54) is 24.3 Å². The summed E-state index contributed by atoms with van der Waals surface area (Å²) in [5.41, 5.74) is -9.11. The van der Waals surface area contributed by atoms with Gasteiger partial charge in [-0.2, -0.15) is 39.5 Å². The molecule has 166 valence electrons. The lowest BCUT2D eigenvalue weighted by atomic mass is 9.87. The molecular weight excluding hydrogens is 429 g/mol. The van der Waals surface area contributed by atoms with Gasteiger partial charge in [0.2, 0.25) is 0 Å². The van der Waals surface area contributed by atoms with E-state index >= 15 is 0 Å². The zero-order valence-corrected chi connectivity index (χ0v) is 15.3. The molecule has 2 nitrogen and oxygen atoms in total. The fourth-order valence-corrected chi connectivity index (χ4v) is 2.82. The van der Waals surface area contributed by atoms with Crippen molar-refractivity contribution in [3.63, 3.8) is 0 Å². The quantitative estimate of drug-likeness (QED) is 0.571. The number of nitrogens with one attached hydrogen (secondary N) is 1. The van der Waals surface area contributed by atoms with E-state index in [9.17, 15) is 44.6 Å². The van der Waals surface area contributed by atoms with Gasteiger partial charge >= 0.3 is 18.5 Å². The van der Waals surface area contributed by atoms with E-state index in [0.29, 0.717) is 24.7 Å². The summed E-state index contributed by atoms with van der Waals surface area (Å²) in [7, 11) is 0. The van der Waals surface area contributed by atoms with Crippen molar-refractivity contribution in [2.45, 2.75) is 37.6 Å². The summed E-state index contributed by atoms with van der Waals surface area (Å²) in [6.07, 6.45) is -17.8. The number of benzene rings is 2. The van der Waals surface area contributed by atoms with E-state index in [2.05, 4.69) is 5.32 Å². The molecule has 0 aromatic heterocycles. The molecular formula is C19H16F9NO. The average Bonchev–Trinajstić information content (AvgIpc) is 2.63. The Morgan fingerprint density at radius 1 is 0.800 bits per heavy atom. The standard InChI is InChI=1S/C19H16F9NO/c1-2-29-10-11-3-5-12(6-4-11)14-8-7-13(9-15(14)17(20,21)22)16(30,18(23,24)25)19(26,27)28/h3-9,29-30H,2,10H2,1H3. The molecule has 0 spiro atoms. The van der Waals surface area contributed by atoms with Gasteiger partial charge in [-0.15, -0.1) is 0 Å². The predicted octanol–water partition coefficient (Wildman–Crippen LogP) is 5.79. The molecule has 2 aromatic carbocycles. The Bertz CT molecular complexity index is 854. The van der Waals surface area contributed by atoms with Crippen molar-refractivity contribution >= 4 is 0 Å². The van der Waals surface area contributed by atoms with Crippen molar-refractivity contribution in [2.24, 2.45) is 0 Å². The van der Waals surface area contributed by atoms with Crippen LogP contribution in [0.25, 0.3) is 11.1 Å². The SMILES string of the molecule is CCNCc1ccc(-c2ccc(C(O)(C(F)(F)F)C(F)(F)F)cc2C(F)(F)F)cc1. The van der Waals surface area contributed by atoms with E-state index < -0.39 is 40.8 Å². The first-order valence-corrected chi connectivity index (χ1v) is 8.50. The Labute approximate surface area is 165 Å². The van der Waals surface area contributed by atoms with Crippen LogP contribution in [-0.2, 0) is 18.3 Å². The lowest BCUT2D eigenvalue weighted by molar-refractivity contribution is -0.376. The Balaban J connectivity index is 2.64. The highest BCUT2D eigenvalue weighted by atomic mass is 19.4. The smallest absolute Gasteiger partial charge is 0.369 e. The minimum Gasteiger partial charge on any atom is -0.369 e. The summed E-state index contributed by atoms with van der Waals surface area (Å²) >= 11 is 0. The van der Waals surface area contributed by atoms with Gasteiger partial charge in [-0.25, -0.2) is 0 Å². The summed E-state index contributed by atoms with van der Waals surface area (Å²) in [6, 6.07) is 5.87. The van der Waals surface area contributed by atoms with Gasteiger partial charge in [0, 0.05) is 12.1 Å². The highest BCUT2D eigenvalue weighted by Crippen LogP contribution is 2.51. The van der Waals surface area contributed by atoms with Crippen LogP contribution in [0.15, 0.2) is 42.5 Å². The third-order valence-corrected chi connectivity index (χ3v) is 4.41. The van der Waals surface area contributed by atoms with Gasteiger partial charge in [0.15, 0.2) is 0 Å². The molecule has 0 fully saturated rings. The van der Waals surface area contributed by atoms with Crippen molar-refractivity contribution in [2.75, 3.05) is 6.54 Å². The van der Waals surface area contributed by atoms with E-state index in [4.69, 9.17) is 0 Å². The first-order chi connectivity index (χ1) is 13.6. The third-order valence-electron chi connectivity index (χ3n) is 4.41. The van der Waals surface area contributed by atoms with Gasteiger partial charge in [0.05, 0.1) is 5.56 Å². The van der Waals surface area contributed by atoms with Crippen molar-refractivity contribution in [3.05, 3.63) is 59.2 Å². The third kappa shape index (κ3) is 4.56. The molecule has 0 atom stereocenters.